The van der Waals surface area contributed by atoms with E-state index in [0.717, 1.165) is 5.71 Å². The maximum Gasteiger partial charge on any atom is 0.332 e. The van der Waals surface area contributed by atoms with E-state index in [-0.39, 0.29) is 17.3 Å². The summed E-state index contributed by atoms with van der Waals surface area (Å²) in [6.07, 6.45) is 0. The van der Waals surface area contributed by atoms with Gasteiger partial charge in [0, 0.05) is 20.2 Å². The second kappa shape index (κ2) is 6.47. The molecule has 0 fully saturated rings. The molecular weight excluding hydrogens is 324 g/mol. The largest absolute Gasteiger partial charge is 0.380 e. The lowest BCUT2D eigenvalue weighted by Crippen LogP contribution is -2.40. The SMILES string of the molecule is CCOCCN1N=C(C)[C@@H](C)n2c1nc1c2c(=O)n(CC)c(=O)n1C. The molecule has 1 atom stereocenters. The monoisotopic (exact) mass is 348 g/mol. The Bertz CT molecular complexity index is 951. The van der Waals surface area contributed by atoms with Crippen LogP contribution in [0.25, 0.3) is 11.2 Å². The average Bonchev–Trinajstić information content (AvgIpc) is 2.99. The van der Waals surface area contributed by atoms with Crippen molar-refractivity contribution in [3.63, 3.8) is 0 Å². The molecule has 136 valence electrons. The molecule has 0 saturated heterocycles. The third-order valence-electron chi connectivity index (χ3n) is 4.63. The summed E-state index contributed by atoms with van der Waals surface area (Å²) >= 11 is 0. The Morgan fingerprint density at radius 1 is 1.24 bits per heavy atom. The molecule has 0 unspecified atom stereocenters. The highest BCUT2D eigenvalue weighted by molar-refractivity contribution is 5.91. The lowest BCUT2D eigenvalue weighted by molar-refractivity contribution is 0.153. The smallest absolute Gasteiger partial charge is 0.332 e. The van der Waals surface area contributed by atoms with Crippen molar-refractivity contribution >= 4 is 22.8 Å². The van der Waals surface area contributed by atoms with E-state index in [4.69, 9.17) is 4.74 Å². The molecule has 0 amide bonds. The first-order chi connectivity index (χ1) is 11.9. The van der Waals surface area contributed by atoms with Crippen molar-refractivity contribution in [1.82, 2.24) is 18.7 Å². The van der Waals surface area contributed by atoms with E-state index in [1.807, 2.05) is 25.3 Å². The van der Waals surface area contributed by atoms with Gasteiger partial charge in [0.15, 0.2) is 11.2 Å². The predicted octanol–water partition coefficient (Wildman–Crippen LogP) is 0.710. The highest BCUT2D eigenvalue weighted by Crippen LogP contribution is 2.29. The Hall–Kier alpha value is -2.42. The summed E-state index contributed by atoms with van der Waals surface area (Å²) in [6, 6.07) is -0.112. The van der Waals surface area contributed by atoms with Crippen LogP contribution >= 0.6 is 0 Å². The molecule has 3 rings (SSSR count). The standard InChI is InChI=1S/C16H24N6O3/c1-6-20-14(23)12-13(19(5)16(20)24)17-15-21(8-9-25-7-2)18-10(3)11(4)22(12)15/h11H,6-9H2,1-5H3/t11-/m1/s1. The van der Waals surface area contributed by atoms with E-state index in [1.165, 1.54) is 9.13 Å². The zero-order valence-electron chi connectivity index (χ0n) is 15.3. The van der Waals surface area contributed by atoms with Gasteiger partial charge in [-0.2, -0.15) is 10.1 Å². The minimum atomic E-state index is -0.360. The highest BCUT2D eigenvalue weighted by Gasteiger charge is 2.30. The summed E-state index contributed by atoms with van der Waals surface area (Å²) < 4.78 is 9.95. The number of nitrogens with zero attached hydrogens (tertiary/aromatic N) is 6. The first kappa shape index (κ1) is 17.4. The number of ether oxygens (including phenoxy) is 1. The minimum absolute atomic E-state index is 0.112. The van der Waals surface area contributed by atoms with Crippen LogP contribution in [-0.2, 0) is 18.3 Å². The maximum absolute atomic E-state index is 12.9. The van der Waals surface area contributed by atoms with Gasteiger partial charge in [-0.05, 0) is 27.7 Å². The van der Waals surface area contributed by atoms with Gasteiger partial charge in [0.1, 0.15) is 0 Å². The van der Waals surface area contributed by atoms with Gasteiger partial charge in [-0.3, -0.25) is 18.5 Å². The predicted molar refractivity (Wildman–Crippen MR) is 96.6 cm³/mol. The van der Waals surface area contributed by atoms with E-state index in [0.29, 0.717) is 43.4 Å². The average molecular weight is 348 g/mol. The molecule has 0 saturated carbocycles. The van der Waals surface area contributed by atoms with Crippen molar-refractivity contribution < 1.29 is 4.74 Å². The second-order valence-corrected chi connectivity index (χ2v) is 6.08. The Labute approximate surface area is 145 Å². The third-order valence-corrected chi connectivity index (χ3v) is 4.63. The maximum atomic E-state index is 12.9. The van der Waals surface area contributed by atoms with Crippen molar-refractivity contribution in [2.24, 2.45) is 12.1 Å². The molecule has 0 spiro atoms. The molecule has 1 aliphatic rings. The summed E-state index contributed by atoms with van der Waals surface area (Å²) in [5.74, 6) is 0.564. The van der Waals surface area contributed by atoms with Gasteiger partial charge in [0.05, 0.1) is 24.9 Å². The Kier molecular flexibility index (Phi) is 4.51. The number of hydrazone groups is 1. The molecule has 1 aliphatic heterocycles. The van der Waals surface area contributed by atoms with Gasteiger partial charge in [-0.15, -0.1) is 0 Å². The molecule has 3 heterocycles. The molecule has 2 aromatic rings. The molecule has 9 nitrogen and oxygen atoms in total. The van der Waals surface area contributed by atoms with Crippen LogP contribution in [0.2, 0.25) is 0 Å². The molecule has 0 N–H and O–H groups in total. The lowest BCUT2D eigenvalue weighted by atomic mass is 10.2. The summed E-state index contributed by atoms with van der Waals surface area (Å²) in [5.41, 5.74) is 1.02. The Balaban J connectivity index is 2.27. The van der Waals surface area contributed by atoms with Crippen LogP contribution in [-0.4, -0.2) is 44.2 Å². The molecule has 0 bridgehead atoms. The summed E-state index contributed by atoms with van der Waals surface area (Å²) in [6.45, 7) is 9.59. The molecule has 25 heavy (non-hydrogen) atoms. The topological polar surface area (TPSA) is 86.7 Å². The number of aryl methyl sites for hydroxylation is 1. The summed E-state index contributed by atoms with van der Waals surface area (Å²) in [4.78, 5) is 29.9. The van der Waals surface area contributed by atoms with Crippen LogP contribution in [0.3, 0.4) is 0 Å². The van der Waals surface area contributed by atoms with Crippen molar-refractivity contribution in [3.8, 4) is 0 Å². The summed E-state index contributed by atoms with van der Waals surface area (Å²) in [5, 5.41) is 6.33. The lowest BCUT2D eigenvalue weighted by Gasteiger charge is -2.29. The number of rotatable bonds is 5. The number of hydrogen-bond donors (Lipinski definition) is 0. The van der Waals surface area contributed by atoms with Gasteiger partial charge in [0.2, 0.25) is 5.95 Å². The van der Waals surface area contributed by atoms with Gasteiger partial charge < -0.3 is 4.74 Å². The number of fused-ring (bicyclic) bond motifs is 3. The molecule has 0 aromatic carbocycles. The van der Waals surface area contributed by atoms with Gasteiger partial charge in [-0.25, -0.2) is 9.80 Å². The van der Waals surface area contributed by atoms with Crippen molar-refractivity contribution in [1.29, 1.82) is 0 Å². The van der Waals surface area contributed by atoms with Crippen LogP contribution in [0.5, 0.6) is 0 Å². The zero-order chi connectivity index (χ0) is 18.3. The molecule has 0 aliphatic carbocycles. The van der Waals surface area contributed by atoms with E-state index >= 15 is 0 Å². The fourth-order valence-electron chi connectivity index (χ4n) is 3.11. The van der Waals surface area contributed by atoms with Crippen molar-refractivity contribution in [2.45, 2.75) is 40.3 Å². The van der Waals surface area contributed by atoms with E-state index < -0.39 is 0 Å². The van der Waals surface area contributed by atoms with Crippen LogP contribution in [0.4, 0.5) is 5.95 Å². The minimum Gasteiger partial charge on any atom is -0.380 e. The van der Waals surface area contributed by atoms with Crippen LogP contribution in [0, 0.1) is 0 Å². The number of aromatic nitrogens is 4. The number of hydrogen-bond acceptors (Lipinski definition) is 6. The number of anilines is 1. The Morgan fingerprint density at radius 2 is 1.96 bits per heavy atom. The highest BCUT2D eigenvalue weighted by atomic mass is 16.5. The normalized spacial score (nSPS) is 17.1. The van der Waals surface area contributed by atoms with Gasteiger partial charge >= 0.3 is 5.69 Å². The fourth-order valence-corrected chi connectivity index (χ4v) is 3.11. The van der Waals surface area contributed by atoms with E-state index in [1.54, 1.807) is 19.0 Å². The quantitative estimate of drug-likeness (QED) is 0.743. The van der Waals surface area contributed by atoms with Gasteiger partial charge in [-0.1, -0.05) is 0 Å². The van der Waals surface area contributed by atoms with Crippen molar-refractivity contribution in [3.05, 3.63) is 20.8 Å². The van der Waals surface area contributed by atoms with Crippen LogP contribution in [0.15, 0.2) is 14.7 Å². The molecule has 9 heteroatoms. The van der Waals surface area contributed by atoms with Gasteiger partial charge in [0.25, 0.3) is 5.56 Å². The number of imidazole rings is 1. The molecular formula is C16H24N6O3. The fraction of sp³-hybridized carbons (Fsp3) is 0.625. The van der Waals surface area contributed by atoms with E-state index in [9.17, 15) is 9.59 Å². The third kappa shape index (κ3) is 2.58. The second-order valence-electron chi connectivity index (χ2n) is 6.08. The first-order valence-corrected chi connectivity index (χ1v) is 8.54. The van der Waals surface area contributed by atoms with Crippen LogP contribution in [0.1, 0.15) is 33.7 Å². The zero-order valence-corrected chi connectivity index (χ0v) is 15.3. The first-order valence-electron chi connectivity index (χ1n) is 8.54. The Morgan fingerprint density at radius 3 is 2.60 bits per heavy atom. The van der Waals surface area contributed by atoms with Crippen molar-refractivity contribution in [2.75, 3.05) is 24.8 Å². The molecule has 2 aromatic heterocycles. The van der Waals surface area contributed by atoms with E-state index in [2.05, 4.69) is 10.1 Å². The molecule has 0 radical (unpaired) electrons. The van der Waals surface area contributed by atoms with Crippen LogP contribution < -0.4 is 16.3 Å². The summed E-state index contributed by atoms with van der Waals surface area (Å²) in [7, 11) is 1.64.